The first-order valence-electron chi connectivity index (χ1n) is 7.83. The number of hydrogen-bond acceptors (Lipinski definition) is 5. The van der Waals surface area contributed by atoms with E-state index in [1.807, 2.05) is 0 Å². The summed E-state index contributed by atoms with van der Waals surface area (Å²) in [6.45, 7) is 2.91. The van der Waals surface area contributed by atoms with E-state index >= 15 is 0 Å². The van der Waals surface area contributed by atoms with Crippen molar-refractivity contribution in [1.82, 2.24) is 15.0 Å². The summed E-state index contributed by atoms with van der Waals surface area (Å²) >= 11 is 12.2. The molecule has 3 aromatic rings. The Bertz CT molecular complexity index is 928. The highest BCUT2D eigenvalue weighted by molar-refractivity contribution is 6.36. The highest BCUT2D eigenvalue weighted by atomic mass is 35.5. The fraction of sp³-hybridized carbons (Fsp3) is 0.235. The molecule has 4 rings (SSSR count). The minimum atomic E-state index is -0.292. The summed E-state index contributed by atoms with van der Waals surface area (Å²) in [4.78, 5) is 17.1. The Labute approximate surface area is 154 Å². The van der Waals surface area contributed by atoms with Crippen molar-refractivity contribution in [3.05, 3.63) is 52.7 Å². The van der Waals surface area contributed by atoms with Gasteiger partial charge in [0.25, 0.3) is 0 Å². The molecular formula is C17H14Cl2FN5. The number of anilines is 2. The Balaban J connectivity index is 1.57. The van der Waals surface area contributed by atoms with E-state index in [0.29, 0.717) is 10.0 Å². The number of fused-ring (bicyclic) bond motifs is 1. The molecular weight excluding hydrogens is 364 g/mol. The van der Waals surface area contributed by atoms with Gasteiger partial charge in [0.05, 0.1) is 15.6 Å². The summed E-state index contributed by atoms with van der Waals surface area (Å²) < 4.78 is 13.6. The van der Waals surface area contributed by atoms with Crippen molar-refractivity contribution in [1.29, 1.82) is 0 Å². The molecule has 0 atom stereocenters. The van der Waals surface area contributed by atoms with Gasteiger partial charge in [-0.1, -0.05) is 23.2 Å². The zero-order chi connectivity index (χ0) is 17.4. The van der Waals surface area contributed by atoms with E-state index < -0.39 is 0 Å². The van der Waals surface area contributed by atoms with Crippen molar-refractivity contribution in [3.8, 4) is 0 Å². The number of pyridine rings is 1. The predicted octanol–water partition coefficient (Wildman–Crippen LogP) is 3.80. The lowest BCUT2D eigenvalue weighted by Crippen LogP contribution is -2.47. The number of rotatable bonds is 2. The van der Waals surface area contributed by atoms with E-state index in [-0.39, 0.29) is 5.82 Å². The Hall–Kier alpha value is -2.18. The van der Waals surface area contributed by atoms with Crippen LogP contribution in [0.2, 0.25) is 10.0 Å². The second kappa shape index (κ2) is 6.61. The molecule has 0 amide bonds. The van der Waals surface area contributed by atoms with Gasteiger partial charge in [-0.25, -0.2) is 19.3 Å². The summed E-state index contributed by atoms with van der Waals surface area (Å²) in [5.74, 6) is 1.18. The highest BCUT2D eigenvalue weighted by Gasteiger charge is 2.22. The van der Waals surface area contributed by atoms with Crippen molar-refractivity contribution in [3.63, 3.8) is 0 Å². The Kier molecular flexibility index (Phi) is 4.31. The van der Waals surface area contributed by atoms with Gasteiger partial charge in [0.1, 0.15) is 23.8 Å². The molecule has 25 heavy (non-hydrogen) atoms. The van der Waals surface area contributed by atoms with Crippen LogP contribution in [0.15, 0.2) is 36.8 Å². The standard InChI is InChI=1S/C17H14Cl2FN5/c18-11-7-14(19)17(21-9-11)25-5-3-24(4-6-25)16-13-8-12(20)1-2-15(13)22-10-23-16/h1-2,7-10H,3-6H2. The van der Waals surface area contributed by atoms with Gasteiger partial charge >= 0.3 is 0 Å². The third kappa shape index (κ3) is 3.19. The van der Waals surface area contributed by atoms with Crippen molar-refractivity contribution in [2.45, 2.75) is 0 Å². The second-order valence-corrected chi connectivity index (χ2v) is 6.64. The fourth-order valence-corrected chi connectivity index (χ4v) is 3.54. The maximum absolute atomic E-state index is 13.6. The largest absolute Gasteiger partial charge is 0.352 e. The Morgan fingerprint density at radius 3 is 2.32 bits per heavy atom. The maximum atomic E-state index is 13.6. The smallest absolute Gasteiger partial charge is 0.147 e. The SMILES string of the molecule is Fc1ccc2ncnc(N3CCN(c4ncc(Cl)cc4Cl)CC3)c2c1. The van der Waals surface area contributed by atoms with Crippen molar-refractivity contribution < 1.29 is 4.39 Å². The molecule has 1 aromatic carbocycles. The van der Waals surface area contributed by atoms with E-state index in [0.717, 1.165) is 48.7 Å². The molecule has 3 heterocycles. The van der Waals surface area contributed by atoms with Gasteiger partial charge < -0.3 is 9.80 Å². The van der Waals surface area contributed by atoms with Crippen LogP contribution in [0.25, 0.3) is 10.9 Å². The van der Waals surface area contributed by atoms with Crippen LogP contribution in [0.1, 0.15) is 0 Å². The lowest BCUT2D eigenvalue weighted by Gasteiger charge is -2.36. The van der Waals surface area contributed by atoms with E-state index in [1.54, 1.807) is 18.3 Å². The number of hydrogen-bond donors (Lipinski definition) is 0. The first kappa shape index (κ1) is 16.3. The van der Waals surface area contributed by atoms with E-state index in [4.69, 9.17) is 23.2 Å². The van der Waals surface area contributed by atoms with Crippen LogP contribution in [-0.2, 0) is 0 Å². The van der Waals surface area contributed by atoms with Gasteiger partial charge in [-0.15, -0.1) is 0 Å². The number of nitrogens with zero attached hydrogens (tertiary/aromatic N) is 5. The summed E-state index contributed by atoms with van der Waals surface area (Å²) in [6, 6.07) is 6.25. The van der Waals surface area contributed by atoms with Gasteiger partial charge in [0.15, 0.2) is 0 Å². The van der Waals surface area contributed by atoms with Gasteiger partial charge in [-0.2, -0.15) is 0 Å². The average molecular weight is 378 g/mol. The minimum Gasteiger partial charge on any atom is -0.352 e. The van der Waals surface area contributed by atoms with Crippen LogP contribution in [0.3, 0.4) is 0 Å². The molecule has 1 aliphatic heterocycles. The van der Waals surface area contributed by atoms with E-state index in [9.17, 15) is 4.39 Å². The normalized spacial score (nSPS) is 15.0. The molecule has 1 saturated heterocycles. The molecule has 5 nitrogen and oxygen atoms in total. The first-order valence-corrected chi connectivity index (χ1v) is 8.58. The maximum Gasteiger partial charge on any atom is 0.147 e. The topological polar surface area (TPSA) is 45.2 Å². The van der Waals surface area contributed by atoms with Crippen LogP contribution < -0.4 is 9.80 Å². The van der Waals surface area contributed by atoms with E-state index in [2.05, 4.69) is 24.8 Å². The molecule has 8 heteroatoms. The average Bonchev–Trinajstić information content (AvgIpc) is 2.61. The van der Waals surface area contributed by atoms with Gasteiger partial charge in [0, 0.05) is 37.8 Å². The lowest BCUT2D eigenvalue weighted by atomic mass is 10.2. The summed E-state index contributed by atoms with van der Waals surface area (Å²) in [6.07, 6.45) is 3.11. The van der Waals surface area contributed by atoms with Crippen molar-refractivity contribution in [2.24, 2.45) is 0 Å². The summed E-state index contributed by atoms with van der Waals surface area (Å²) in [7, 11) is 0. The number of piperazine rings is 1. The van der Waals surface area contributed by atoms with Crippen LogP contribution in [0, 0.1) is 5.82 Å². The molecule has 0 aliphatic carbocycles. The molecule has 1 fully saturated rings. The molecule has 0 spiro atoms. The summed E-state index contributed by atoms with van der Waals surface area (Å²) in [5.41, 5.74) is 0.733. The van der Waals surface area contributed by atoms with Crippen molar-refractivity contribution in [2.75, 3.05) is 36.0 Å². The lowest BCUT2D eigenvalue weighted by molar-refractivity contribution is 0.628. The van der Waals surface area contributed by atoms with Gasteiger partial charge in [0.2, 0.25) is 0 Å². The molecule has 0 saturated carbocycles. The monoisotopic (exact) mass is 377 g/mol. The van der Waals surface area contributed by atoms with Crippen LogP contribution in [0.4, 0.5) is 16.0 Å². The molecule has 0 bridgehead atoms. The molecule has 1 aliphatic rings. The second-order valence-electron chi connectivity index (χ2n) is 5.79. The Morgan fingerprint density at radius 2 is 1.60 bits per heavy atom. The quantitative estimate of drug-likeness (QED) is 0.679. The molecule has 2 aromatic heterocycles. The third-order valence-electron chi connectivity index (χ3n) is 4.24. The molecule has 0 N–H and O–H groups in total. The summed E-state index contributed by atoms with van der Waals surface area (Å²) in [5, 5.41) is 1.77. The van der Waals surface area contributed by atoms with Gasteiger partial charge in [-0.05, 0) is 24.3 Å². The van der Waals surface area contributed by atoms with E-state index in [1.165, 1.54) is 18.5 Å². The van der Waals surface area contributed by atoms with Crippen LogP contribution in [0.5, 0.6) is 0 Å². The number of benzene rings is 1. The Morgan fingerprint density at radius 1 is 0.880 bits per heavy atom. The third-order valence-corrected chi connectivity index (χ3v) is 4.73. The van der Waals surface area contributed by atoms with Gasteiger partial charge in [-0.3, -0.25) is 0 Å². The van der Waals surface area contributed by atoms with Crippen LogP contribution in [-0.4, -0.2) is 41.1 Å². The molecule has 0 unspecified atom stereocenters. The van der Waals surface area contributed by atoms with Crippen LogP contribution >= 0.6 is 23.2 Å². The zero-order valence-corrected chi connectivity index (χ0v) is 14.7. The highest BCUT2D eigenvalue weighted by Crippen LogP contribution is 2.29. The molecule has 0 radical (unpaired) electrons. The first-order chi connectivity index (χ1) is 12.1. The zero-order valence-electron chi connectivity index (χ0n) is 13.2. The fourth-order valence-electron chi connectivity index (χ4n) is 3.04. The predicted molar refractivity (Wildman–Crippen MR) is 98.2 cm³/mol. The number of aromatic nitrogens is 3. The molecule has 128 valence electrons. The number of halogens is 3. The van der Waals surface area contributed by atoms with Crippen molar-refractivity contribution >= 4 is 45.7 Å². The minimum absolute atomic E-state index is 0.292.